The fraction of sp³-hybridized carbons (Fsp3) is 0.125. The monoisotopic (exact) mass is 297 g/mol. The van der Waals surface area contributed by atoms with Crippen LogP contribution in [0.25, 0.3) is 10.9 Å². The maximum atomic E-state index is 11.5. The lowest BCUT2D eigenvalue weighted by Crippen LogP contribution is -2.18. The van der Waals surface area contributed by atoms with Gasteiger partial charge in [0, 0.05) is 10.9 Å². The molecule has 3 rings (SSSR count). The molecule has 0 fully saturated rings. The van der Waals surface area contributed by atoms with Gasteiger partial charge >= 0.3 is 0 Å². The average molecular weight is 297 g/mol. The normalized spacial score (nSPS) is 10.6. The lowest BCUT2D eigenvalue weighted by atomic mass is 10.1. The molecule has 22 heavy (non-hydrogen) atoms. The first-order valence-corrected chi connectivity index (χ1v) is 6.74. The zero-order valence-electron chi connectivity index (χ0n) is 12.0. The highest BCUT2D eigenvalue weighted by atomic mass is 16.5. The summed E-state index contributed by atoms with van der Waals surface area (Å²) in [7, 11) is 1.63. The van der Waals surface area contributed by atoms with Gasteiger partial charge in [0.25, 0.3) is 5.91 Å². The van der Waals surface area contributed by atoms with Gasteiger partial charge in [-0.2, -0.15) is 5.10 Å². The minimum Gasteiger partial charge on any atom is -0.497 e. The molecular weight excluding hydrogens is 282 g/mol. The second-order valence-corrected chi connectivity index (χ2v) is 4.87. The van der Waals surface area contributed by atoms with Crippen molar-refractivity contribution in [1.82, 2.24) is 15.3 Å². The Bertz CT molecular complexity index is 826. The molecule has 0 saturated heterocycles. The fourth-order valence-electron chi connectivity index (χ4n) is 2.35. The van der Waals surface area contributed by atoms with Crippen molar-refractivity contribution in [1.29, 1.82) is 0 Å². The van der Waals surface area contributed by atoms with Crippen molar-refractivity contribution in [3.05, 3.63) is 59.8 Å². The van der Waals surface area contributed by atoms with Crippen molar-refractivity contribution < 1.29 is 14.7 Å². The fourth-order valence-corrected chi connectivity index (χ4v) is 2.35. The number of fused-ring (bicyclic) bond motifs is 1. The molecular formula is C16H15N3O3. The zero-order chi connectivity index (χ0) is 15.5. The number of ether oxygens (including phenoxy) is 1. The molecule has 0 unspecified atom stereocenters. The third-order valence-electron chi connectivity index (χ3n) is 3.47. The number of hydrogen-bond acceptors (Lipinski definition) is 4. The summed E-state index contributed by atoms with van der Waals surface area (Å²) in [6, 6.07) is 12.9. The number of nitrogens with one attached hydrogen (secondary N) is 1. The highest BCUT2D eigenvalue weighted by molar-refractivity contribution is 5.97. The van der Waals surface area contributed by atoms with Crippen LogP contribution in [0.1, 0.15) is 15.9 Å². The Balaban J connectivity index is 1.97. The van der Waals surface area contributed by atoms with Gasteiger partial charge in [0.1, 0.15) is 5.75 Å². The molecule has 0 atom stereocenters. The van der Waals surface area contributed by atoms with Gasteiger partial charge in [-0.15, -0.1) is 0 Å². The summed E-state index contributed by atoms with van der Waals surface area (Å²) in [4.78, 5) is 11.5. The van der Waals surface area contributed by atoms with Crippen LogP contribution in [0.3, 0.4) is 0 Å². The van der Waals surface area contributed by atoms with Crippen LogP contribution in [0, 0.1) is 0 Å². The number of methoxy groups -OCH3 is 1. The number of aromatic nitrogens is 2. The van der Waals surface area contributed by atoms with Crippen LogP contribution in [0.5, 0.6) is 5.75 Å². The first-order valence-electron chi connectivity index (χ1n) is 6.74. The summed E-state index contributed by atoms with van der Waals surface area (Å²) in [5.41, 5.74) is 3.88. The molecule has 6 nitrogen and oxygen atoms in total. The van der Waals surface area contributed by atoms with Crippen LogP contribution in [0.4, 0.5) is 0 Å². The summed E-state index contributed by atoms with van der Waals surface area (Å²) >= 11 is 0. The van der Waals surface area contributed by atoms with Crippen LogP contribution < -0.4 is 10.2 Å². The Morgan fingerprint density at radius 2 is 2.18 bits per heavy atom. The van der Waals surface area contributed by atoms with Crippen LogP contribution in [0.15, 0.2) is 48.7 Å². The molecule has 0 bridgehead atoms. The van der Waals surface area contributed by atoms with Crippen LogP contribution in [-0.4, -0.2) is 28.0 Å². The first-order chi connectivity index (χ1) is 10.7. The van der Waals surface area contributed by atoms with E-state index < -0.39 is 5.91 Å². The smallest absolute Gasteiger partial charge is 0.274 e. The largest absolute Gasteiger partial charge is 0.497 e. The Morgan fingerprint density at radius 3 is 2.95 bits per heavy atom. The van der Waals surface area contributed by atoms with Gasteiger partial charge < -0.3 is 4.74 Å². The van der Waals surface area contributed by atoms with Crippen molar-refractivity contribution >= 4 is 16.8 Å². The predicted molar refractivity (Wildman–Crippen MR) is 81.1 cm³/mol. The van der Waals surface area contributed by atoms with Crippen molar-refractivity contribution in [3.63, 3.8) is 0 Å². The van der Waals surface area contributed by atoms with E-state index in [0.29, 0.717) is 12.1 Å². The first kappa shape index (κ1) is 14.1. The van der Waals surface area contributed by atoms with E-state index >= 15 is 0 Å². The van der Waals surface area contributed by atoms with E-state index in [0.717, 1.165) is 22.2 Å². The molecule has 1 amide bonds. The van der Waals surface area contributed by atoms with E-state index in [1.165, 1.54) is 0 Å². The van der Waals surface area contributed by atoms with E-state index in [9.17, 15) is 4.79 Å². The second kappa shape index (κ2) is 5.87. The highest BCUT2D eigenvalue weighted by Crippen LogP contribution is 2.19. The standard InChI is InChI=1S/C16H15N3O3/c1-22-14-4-2-3-11(7-14)10-19-15-8-12(16(20)18-21)5-6-13(15)9-17-19/h2-9,21H,10H2,1H3,(H,18,20). The van der Waals surface area contributed by atoms with Crippen LogP contribution >= 0.6 is 0 Å². The summed E-state index contributed by atoms with van der Waals surface area (Å²) in [5.74, 6) is 0.241. The highest BCUT2D eigenvalue weighted by Gasteiger charge is 2.09. The van der Waals surface area contributed by atoms with Crippen molar-refractivity contribution in [2.45, 2.75) is 6.54 Å². The molecule has 1 aromatic heterocycles. The van der Waals surface area contributed by atoms with Gasteiger partial charge in [-0.25, -0.2) is 5.48 Å². The third kappa shape index (κ3) is 2.64. The molecule has 2 N–H and O–H groups in total. The third-order valence-corrected chi connectivity index (χ3v) is 3.47. The summed E-state index contributed by atoms with van der Waals surface area (Å²) in [6.45, 7) is 0.560. The van der Waals surface area contributed by atoms with Crippen LogP contribution in [-0.2, 0) is 6.54 Å². The van der Waals surface area contributed by atoms with E-state index in [1.807, 2.05) is 24.3 Å². The quantitative estimate of drug-likeness (QED) is 0.572. The number of nitrogens with zero attached hydrogens (tertiary/aromatic N) is 2. The molecule has 3 aromatic rings. The second-order valence-electron chi connectivity index (χ2n) is 4.87. The summed E-state index contributed by atoms with van der Waals surface area (Å²) in [6.07, 6.45) is 1.75. The number of hydroxylamine groups is 1. The molecule has 112 valence electrons. The molecule has 0 aliphatic heterocycles. The molecule has 6 heteroatoms. The average Bonchev–Trinajstić information content (AvgIpc) is 2.96. The van der Waals surface area contributed by atoms with Gasteiger partial charge in [-0.05, 0) is 29.8 Å². The summed E-state index contributed by atoms with van der Waals surface area (Å²) < 4.78 is 7.02. The van der Waals surface area contributed by atoms with Crippen molar-refractivity contribution in [2.75, 3.05) is 7.11 Å². The molecule has 0 aliphatic carbocycles. The molecule has 2 aromatic carbocycles. The van der Waals surface area contributed by atoms with Crippen molar-refractivity contribution in [2.24, 2.45) is 0 Å². The van der Waals surface area contributed by atoms with Gasteiger partial charge in [0.2, 0.25) is 0 Å². The summed E-state index contributed by atoms with van der Waals surface area (Å²) in [5, 5.41) is 14.0. The molecule has 0 saturated carbocycles. The van der Waals surface area contributed by atoms with Crippen LogP contribution in [0.2, 0.25) is 0 Å². The molecule has 0 spiro atoms. The molecule has 0 aliphatic rings. The zero-order valence-corrected chi connectivity index (χ0v) is 12.0. The maximum absolute atomic E-state index is 11.5. The maximum Gasteiger partial charge on any atom is 0.274 e. The Hall–Kier alpha value is -2.86. The SMILES string of the molecule is COc1cccc(Cn2ncc3ccc(C(=O)NO)cc32)c1. The van der Waals surface area contributed by atoms with E-state index in [-0.39, 0.29) is 0 Å². The number of hydrogen-bond donors (Lipinski definition) is 2. The Morgan fingerprint density at radius 1 is 1.32 bits per heavy atom. The molecule has 0 radical (unpaired) electrons. The Kier molecular flexibility index (Phi) is 3.76. The van der Waals surface area contributed by atoms with Crippen molar-refractivity contribution in [3.8, 4) is 5.75 Å². The minimum atomic E-state index is -0.545. The van der Waals surface area contributed by atoms with E-state index in [1.54, 1.807) is 41.7 Å². The number of carbonyl (C=O) groups is 1. The Labute approximate surface area is 126 Å². The van der Waals surface area contributed by atoms with Gasteiger partial charge in [-0.1, -0.05) is 18.2 Å². The van der Waals surface area contributed by atoms with Gasteiger partial charge in [0.05, 0.1) is 25.4 Å². The lowest BCUT2D eigenvalue weighted by molar-refractivity contribution is 0.0706. The van der Waals surface area contributed by atoms with Gasteiger partial charge in [-0.3, -0.25) is 14.7 Å². The minimum absolute atomic E-state index is 0.377. The number of benzene rings is 2. The number of rotatable bonds is 4. The predicted octanol–water partition coefficient (Wildman–Crippen LogP) is 2.21. The number of carbonyl (C=O) groups excluding carboxylic acids is 1. The molecule has 1 heterocycles. The van der Waals surface area contributed by atoms with E-state index in [4.69, 9.17) is 9.94 Å². The van der Waals surface area contributed by atoms with Gasteiger partial charge in [0.15, 0.2) is 0 Å². The number of amides is 1. The topological polar surface area (TPSA) is 76.4 Å². The lowest BCUT2D eigenvalue weighted by Gasteiger charge is -2.07. The van der Waals surface area contributed by atoms with E-state index in [2.05, 4.69) is 5.10 Å².